The number of likely N-dealkylation sites (N-methyl/N-ethyl adjacent to an activating group) is 1. The number of nitrogens with zero attached hydrogens (tertiary/aromatic N) is 3. The van der Waals surface area contributed by atoms with E-state index >= 15 is 0 Å². The SMILES string of the molecule is COc1c(N2CCCN(C)C(=O)C2)nc[nH]c1=O. The number of carbonyl (C=O) groups is 1. The smallest absolute Gasteiger partial charge is 0.295 e. The molecule has 7 heteroatoms. The summed E-state index contributed by atoms with van der Waals surface area (Å²) in [5.74, 6) is 0.580. The molecule has 2 heterocycles. The van der Waals surface area contributed by atoms with E-state index in [1.165, 1.54) is 13.4 Å². The van der Waals surface area contributed by atoms with Crippen LogP contribution in [0.1, 0.15) is 6.42 Å². The Morgan fingerprint density at radius 3 is 2.89 bits per heavy atom. The lowest BCUT2D eigenvalue weighted by molar-refractivity contribution is -0.127. The van der Waals surface area contributed by atoms with Crippen LogP contribution in [0.15, 0.2) is 11.1 Å². The lowest BCUT2D eigenvalue weighted by Crippen LogP contribution is -2.35. The molecule has 1 saturated heterocycles. The largest absolute Gasteiger partial charge is 0.489 e. The molecular formula is C11H16N4O3. The van der Waals surface area contributed by atoms with Crippen molar-refractivity contribution >= 4 is 11.7 Å². The van der Waals surface area contributed by atoms with Gasteiger partial charge in [0, 0.05) is 20.1 Å². The van der Waals surface area contributed by atoms with Gasteiger partial charge in [-0.2, -0.15) is 0 Å². The van der Waals surface area contributed by atoms with Crippen molar-refractivity contribution in [2.75, 3.05) is 38.7 Å². The predicted octanol–water partition coefficient (Wildman–Crippen LogP) is -0.553. The monoisotopic (exact) mass is 252 g/mol. The summed E-state index contributed by atoms with van der Waals surface area (Å²) in [6.07, 6.45) is 2.15. The van der Waals surface area contributed by atoms with Crippen LogP contribution in [0.4, 0.5) is 5.82 Å². The zero-order valence-electron chi connectivity index (χ0n) is 10.5. The summed E-state index contributed by atoms with van der Waals surface area (Å²) in [5.41, 5.74) is -0.340. The number of hydrogen-bond acceptors (Lipinski definition) is 5. The Morgan fingerprint density at radius 2 is 2.17 bits per heavy atom. The zero-order valence-corrected chi connectivity index (χ0v) is 10.5. The fourth-order valence-electron chi connectivity index (χ4n) is 1.95. The molecule has 0 radical (unpaired) electrons. The summed E-state index contributed by atoms with van der Waals surface area (Å²) in [6.45, 7) is 1.59. The van der Waals surface area contributed by atoms with Crippen molar-refractivity contribution < 1.29 is 9.53 Å². The Hall–Kier alpha value is -2.05. The molecule has 1 amide bonds. The summed E-state index contributed by atoms with van der Waals surface area (Å²) < 4.78 is 5.06. The van der Waals surface area contributed by atoms with E-state index in [2.05, 4.69) is 9.97 Å². The van der Waals surface area contributed by atoms with Crippen molar-refractivity contribution in [1.82, 2.24) is 14.9 Å². The highest BCUT2D eigenvalue weighted by molar-refractivity contribution is 5.81. The zero-order chi connectivity index (χ0) is 13.1. The van der Waals surface area contributed by atoms with E-state index in [0.717, 1.165) is 6.42 Å². The minimum Gasteiger partial charge on any atom is -0.489 e. The number of anilines is 1. The van der Waals surface area contributed by atoms with Gasteiger partial charge in [-0.25, -0.2) is 4.98 Å². The first kappa shape index (κ1) is 12.4. The van der Waals surface area contributed by atoms with Crippen LogP contribution in [0.25, 0.3) is 0 Å². The molecule has 2 rings (SSSR count). The predicted molar refractivity (Wildman–Crippen MR) is 65.9 cm³/mol. The maximum absolute atomic E-state index is 11.8. The Morgan fingerprint density at radius 1 is 1.39 bits per heavy atom. The molecule has 18 heavy (non-hydrogen) atoms. The van der Waals surface area contributed by atoms with Crippen molar-refractivity contribution in [3.8, 4) is 5.75 Å². The molecule has 0 spiro atoms. The molecule has 1 fully saturated rings. The summed E-state index contributed by atoms with van der Waals surface area (Å²) in [4.78, 5) is 33.4. The fraction of sp³-hybridized carbons (Fsp3) is 0.545. The number of nitrogens with one attached hydrogen (secondary N) is 1. The van der Waals surface area contributed by atoms with Gasteiger partial charge in [-0.05, 0) is 6.42 Å². The first-order chi connectivity index (χ1) is 8.63. The molecule has 7 nitrogen and oxygen atoms in total. The quantitative estimate of drug-likeness (QED) is 0.764. The van der Waals surface area contributed by atoms with E-state index in [1.807, 2.05) is 0 Å². The second-order valence-corrected chi connectivity index (χ2v) is 4.18. The third-order valence-electron chi connectivity index (χ3n) is 2.97. The van der Waals surface area contributed by atoms with E-state index in [1.54, 1.807) is 16.8 Å². The van der Waals surface area contributed by atoms with Gasteiger partial charge in [0.15, 0.2) is 5.82 Å². The van der Waals surface area contributed by atoms with Crippen LogP contribution >= 0.6 is 0 Å². The topological polar surface area (TPSA) is 78.5 Å². The van der Waals surface area contributed by atoms with Crippen LogP contribution in [-0.4, -0.2) is 54.6 Å². The molecule has 0 aromatic carbocycles. The molecule has 1 aliphatic heterocycles. The molecule has 0 bridgehead atoms. The second kappa shape index (κ2) is 5.07. The number of ether oxygens (including phenoxy) is 1. The highest BCUT2D eigenvalue weighted by Gasteiger charge is 2.23. The number of methoxy groups -OCH3 is 1. The summed E-state index contributed by atoms with van der Waals surface area (Å²) in [6, 6.07) is 0. The van der Waals surface area contributed by atoms with E-state index in [0.29, 0.717) is 18.9 Å². The molecule has 0 saturated carbocycles. The Balaban J connectivity index is 2.33. The molecule has 1 aromatic heterocycles. The molecule has 0 aliphatic carbocycles. The fourth-order valence-corrected chi connectivity index (χ4v) is 1.95. The number of H-pyrrole nitrogens is 1. The molecular weight excluding hydrogens is 236 g/mol. The standard InChI is InChI=1S/C11H16N4O3/c1-14-4-3-5-15(6-8(14)16)10-9(18-2)11(17)13-7-12-10/h7H,3-6H2,1-2H3,(H,12,13,17). The van der Waals surface area contributed by atoms with Gasteiger partial charge < -0.3 is 19.5 Å². The average Bonchev–Trinajstić information content (AvgIpc) is 2.52. The van der Waals surface area contributed by atoms with Crippen molar-refractivity contribution in [3.63, 3.8) is 0 Å². The Bertz CT molecular complexity index is 499. The maximum Gasteiger partial charge on any atom is 0.295 e. The van der Waals surface area contributed by atoms with Gasteiger partial charge >= 0.3 is 0 Å². The third-order valence-corrected chi connectivity index (χ3v) is 2.97. The molecule has 0 unspecified atom stereocenters. The van der Waals surface area contributed by atoms with Crippen molar-refractivity contribution in [1.29, 1.82) is 0 Å². The summed E-state index contributed by atoms with van der Waals surface area (Å²) in [7, 11) is 3.19. The summed E-state index contributed by atoms with van der Waals surface area (Å²) in [5, 5.41) is 0. The van der Waals surface area contributed by atoms with Crippen LogP contribution in [0.5, 0.6) is 5.75 Å². The third kappa shape index (κ3) is 2.29. The van der Waals surface area contributed by atoms with Gasteiger partial charge in [0.05, 0.1) is 20.0 Å². The first-order valence-electron chi connectivity index (χ1n) is 5.74. The van der Waals surface area contributed by atoms with Crippen LogP contribution < -0.4 is 15.2 Å². The van der Waals surface area contributed by atoms with Crippen LogP contribution in [0.3, 0.4) is 0 Å². The lowest BCUT2D eigenvalue weighted by Gasteiger charge is -2.21. The second-order valence-electron chi connectivity index (χ2n) is 4.18. The van der Waals surface area contributed by atoms with E-state index in [-0.39, 0.29) is 23.8 Å². The summed E-state index contributed by atoms with van der Waals surface area (Å²) >= 11 is 0. The van der Waals surface area contributed by atoms with Crippen molar-refractivity contribution in [3.05, 3.63) is 16.7 Å². The molecule has 0 atom stereocenters. The van der Waals surface area contributed by atoms with E-state index in [9.17, 15) is 9.59 Å². The van der Waals surface area contributed by atoms with Crippen LogP contribution in [0.2, 0.25) is 0 Å². The minimum absolute atomic E-state index is 0.0108. The number of rotatable bonds is 2. The van der Waals surface area contributed by atoms with Gasteiger partial charge in [0.25, 0.3) is 5.56 Å². The van der Waals surface area contributed by atoms with E-state index in [4.69, 9.17) is 4.74 Å². The van der Waals surface area contributed by atoms with Crippen LogP contribution in [-0.2, 0) is 4.79 Å². The molecule has 98 valence electrons. The highest BCUT2D eigenvalue weighted by Crippen LogP contribution is 2.21. The molecule has 1 N–H and O–H groups in total. The van der Waals surface area contributed by atoms with Crippen LogP contribution in [0, 0.1) is 0 Å². The van der Waals surface area contributed by atoms with Crippen molar-refractivity contribution in [2.24, 2.45) is 0 Å². The number of aromatic amines is 1. The van der Waals surface area contributed by atoms with Gasteiger partial charge in [0.1, 0.15) is 0 Å². The average molecular weight is 252 g/mol. The number of carbonyl (C=O) groups excluding carboxylic acids is 1. The number of amides is 1. The van der Waals surface area contributed by atoms with Crippen molar-refractivity contribution in [2.45, 2.75) is 6.42 Å². The Kier molecular flexibility index (Phi) is 3.50. The number of hydrogen-bond donors (Lipinski definition) is 1. The normalized spacial score (nSPS) is 16.7. The minimum atomic E-state index is -0.340. The van der Waals surface area contributed by atoms with Gasteiger partial charge in [-0.1, -0.05) is 0 Å². The lowest BCUT2D eigenvalue weighted by atomic mass is 10.3. The van der Waals surface area contributed by atoms with Gasteiger partial charge in [-0.15, -0.1) is 0 Å². The number of aromatic nitrogens is 2. The van der Waals surface area contributed by atoms with Gasteiger partial charge in [-0.3, -0.25) is 9.59 Å². The molecule has 1 aromatic rings. The maximum atomic E-state index is 11.8. The highest BCUT2D eigenvalue weighted by atomic mass is 16.5. The Labute approximate surface area is 104 Å². The van der Waals surface area contributed by atoms with Gasteiger partial charge in [0.2, 0.25) is 11.7 Å². The first-order valence-corrected chi connectivity index (χ1v) is 5.74. The van der Waals surface area contributed by atoms with E-state index < -0.39 is 0 Å². The molecule has 1 aliphatic rings.